The Kier molecular flexibility index (Phi) is 8.81. The summed E-state index contributed by atoms with van der Waals surface area (Å²) < 4.78 is 58.4. The van der Waals surface area contributed by atoms with Gasteiger partial charge in [-0.2, -0.15) is 0 Å². The molecule has 1 aliphatic carbocycles. The first-order valence-electron chi connectivity index (χ1n) is 11.5. The third-order valence-electron chi connectivity index (χ3n) is 6.87. The second-order valence-electron chi connectivity index (χ2n) is 8.98. The summed E-state index contributed by atoms with van der Waals surface area (Å²) >= 11 is 0. The van der Waals surface area contributed by atoms with Gasteiger partial charge in [0.25, 0.3) is 0 Å². The maximum atomic E-state index is 12.3. The number of rotatable bonds is 8. The van der Waals surface area contributed by atoms with Gasteiger partial charge in [-0.15, -0.1) is 13.2 Å². The van der Waals surface area contributed by atoms with Gasteiger partial charge in [0.2, 0.25) is 0 Å². The first kappa shape index (κ1) is 24.1. The van der Waals surface area contributed by atoms with Crippen LogP contribution in [-0.2, 0) is 4.74 Å². The molecule has 1 heterocycles. The van der Waals surface area contributed by atoms with Crippen molar-refractivity contribution in [1.29, 1.82) is 0 Å². The Morgan fingerprint density at radius 1 is 0.935 bits per heavy atom. The second-order valence-corrected chi connectivity index (χ2v) is 12.4. The van der Waals surface area contributed by atoms with Crippen LogP contribution in [0, 0.1) is 11.8 Å². The minimum absolute atomic E-state index is 0.124. The summed E-state index contributed by atoms with van der Waals surface area (Å²) in [7, 11) is -0.641. The highest BCUT2D eigenvalue weighted by Crippen LogP contribution is 2.40. The van der Waals surface area contributed by atoms with E-state index in [2.05, 4.69) is 4.74 Å². The zero-order valence-electron chi connectivity index (χ0n) is 17.8. The average molecular weight is 461 g/mol. The van der Waals surface area contributed by atoms with E-state index >= 15 is 0 Å². The van der Waals surface area contributed by atoms with Gasteiger partial charge in [0.15, 0.2) is 0 Å². The number of unbranched alkanes of at least 4 members (excludes halogenated alkanes) is 1. The molecule has 1 aromatic carbocycles. The fraction of sp³-hybridized carbons (Fsp3) is 0.696. The Morgan fingerprint density at radius 2 is 1.55 bits per heavy atom. The minimum Gasteiger partial charge on any atom is -0.459 e. The van der Waals surface area contributed by atoms with Crippen LogP contribution in [-0.4, -0.2) is 33.9 Å². The summed E-state index contributed by atoms with van der Waals surface area (Å²) in [6.07, 6.45) is 3.36. The molecule has 0 atom stereocenters. The zero-order chi connectivity index (χ0) is 22.3. The fourth-order valence-corrected chi connectivity index (χ4v) is 8.70. The largest absolute Gasteiger partial charge is 0.573 e. The van der Waals surface area contributed by atoms with Crippen molar-refractivity contribution in [2.45, 2.75) is 82.0 Å². The first-order valence-corrected chi connectivity index (χ1v) is 13.9. The molecule has 1 aromatic rings. The van der Waals surface area contributed by atoms with Gasteiger partial charge in [-0.05, 0) is 68.2 Å². The van der Waals surface area contributed by atoms with Gasteiger partial charge in [-0.3, -0.25) is 4.39 Å². The lowest BCUT2D eigenvalue weighted by atomic mass is 9.76. The van der Waals surface area contributed by atoms with Crippen molar-refractivity contribution in [3.05, 3.63) is 29.8 Å². The lowest BCUT2D eigenvalue weighted by molar-refractivity contribution is -0.274. The van der Waals surface area contributed by atoms with Gasteiger partial charge < -0.3 is 9.47 Å². The lowest BCUT2D eigenvalue weighted by Crippen LogP contribution is -2.31. The number of halogens is 4. The van der Waals surface area contributed by atoms with Crippen molar-refractivity contribution >= 4 is 14.8 Å². The molecule has 0 radical (unpaired) electrons. The molecular formula is C23H32F4O3Si. The minimum atomic E-state index is -4.75. The lowest BCUT2D eigenvalue weighted by Gasteiger charge is -2.37. The van der Waals surface area contributed by atoms with Crippen LogP contribution >= 0.6 is 0 Å². The number of ether oxygens (including phenoxy) is 2. The van der Waals surface area contributed by atoms with Crippen molar-refractivity contribution < 1.29 is 31.8 Å². The van der Waals surface area contributed by atoms with E-state index < -0.39 is 21.1 Å². The second kappa shape index (κ2) is 11.3. The van der Waals surface area contributed by atoms with Gasteiger partial charge in [0.1, 0.15) is 11.9 Å². The molecule has 0 bridgehead atoms. The molecule has 1 saturated carbocycles. The maximum absolute atomic E-state index is 12.3. The van der Waals surface area contributed by atoms with E-state index in [0.717, 1.165) is 56.6 Å². The molecule has 3 rings (SSSR count). The van der Waals surface area contributed by atoms with E-state index in [4.69, 9.17) is 4.74 Å². The maximum Gasteiger partial charge on any atom is 0.573 e. The molecule has 1 aliphatic heterocycles. The Morgan fingerprint density at radius 3 is 2.13 bits per heavy atom. The Balaban J connectivity index is 1.38. The molecule has 174 valence electrons. The van der Waals surface area contributed by atoms with Crippen LogP contribution in [0.2, 0.25) is 18.1 Å². The molecule has 3 nitrogen and oxygen atoms in total. The van der Waals surface area contributed by atoms with Crippen molar-refractivity contribution in [3.63, 3.8) is 0 Å². The third-order valence-corrected chi connectivity index (χ3v) is 10.4. The molecular weight excluding hydrogens is 428 g/mol. The van der Waals surface area contributed by atoms with Crippen LogP contribution in [0.4, 0.5) is 17.6 Å². The SMILES string of the molecule is O=C(O[C@H]1CC[C@H](C2CC[SiH](CCCCF)CC2)CC1)c1ccc(OC(F)(F)F)cc1. The van der Waals surface area contributed by atoms with E-state index in [1.165, 1.54) is 43.1 Å². The summed E-state index contributed by atoms with van der Waals surface area (Å²) in [5.74, 6) is 0.629. The number of hydrogen-bond donors (Lipinski definition) is 0. The van der Waals surface area contributed by atoms with Gasteiger partial charge in [0.05, 0.1) is 12.2 Å². The summed E-state index contributed by atoms with van der Waals surface area (Å²) in [6.45, 7) is -0.185. The molecule has 0 unspecified atom stereocenters. The molecule has 31 heavy (non-hydrogen) atoms. The van der Waals surface area contributed by atoms with Crippen molar-refractivity contribution in [2.24, 2.45) is 11.8 Å². The molecule has 1 saturated heterocycles. The number of carbonyl (C=O) groups excluding carboxylic acids is 1. The number of benzene rings is 1. The Labute approximate surface area is 183 Å². The molecule has 2 aliphatic rings. The van der Waals surface area contributed by atoms with Crippen LogP contribution < -0.4 is 4.74 Å². The highest BCUT2D eigenvalue weighted by Gasteiger charge is 2.33. The van der Waals surface area contributed by atoms with Gasteiger partial charge >= 0.3 is 12.3 Å². The average Bonchev–Trinajstić information content (AvgIpc) is 2.74. The van der Waals surface area contributed by atoms with Gasteiger partial charge in [-0.25, -0.2) is 4.79 Å². The number of esters is 1. The molecule has 0 amide bonds. The molecule has 0 N–H and O–H groups in total. The monoisotopic (exact) mass is 460 g/mol. The van der Waals surface area contributed by atoms with E-state index in [1.54, 1.807) is 0 Å². The number of alkyl halides is 4. The summed E-state index contributed by atoms with van der Waals surface area (Å²) in [5.41, 5.74) is 0.229. The summed E-state index contributed by atoms with van der Waals surface area (Å²) in [4.78, 5) is 12.3. The van der Waals surface area contributed by atoms with Crippen molar-refractivity contribution in [3.8, 4) is 5.75 Å². The third kappa shape index (κ3) is 7.81. The topological polar surface area (TPSA) is 35.5 Å². The molecule has 2 fully saturated rings. The predicted molar refractivity (Wildman–Crippen MR) is 114 cm³/mol. The Hall–Kier alpha value is -1.57. The number of hydrogen-bond acceptors (Lipinski definition) is 3. The van der Waals surface area contributed by atoms with E-state index in [0.29, 0.717) is 5.92 Å². The highest BCUT2D eigenvalue weighted by atomic mass is 28.3. The van der Waals surface area contributed by atoms with Crippen LogP contribution in [0.1, 0.15) is 61.7 Å². The van der Waals surface area contributed by atoms with Crippen LogP contribution in [0.25, 0.3) is 0 Å². The predicted octanol–water partition coefficient (Wildman–Crippen LogP) is 6.69. The van der Waals surface area contributed by atoms with E-state index in [1.807, 2.05) is 0 Å². The summed E-state index contributed by atoms with van der Waals surface area (Å²) in [6, 6.07) is 8.91. The highest BCUT2D eigenvalue weighted by molar-refractivity contribution is 6.58. The fourth-order valence-electron chi connectivity index (χ4n) is 5.17. The standard InChI is InChI=1S/C23H32F4O3Si/c24-13-1-2-14-31-15-11-18(12-16-31)17-3-7-20(8-4-17)29-22(28)19-5-9-21(10-6-19)30-23(25,26)27/h5-6,9-10,17-18,20,31H,1-4,7-8,11-16H2/t17-,18?,20-,31?. The molecule has 0 spiro atoms. The van der Waals surface area contributed by atoms with Crippen molar-refractivity contribution in [2.75, 3.05) is 6.67 Å². The normalized spacial score (nSPS) is 27.0. The van der Waals surface area contributed by atoms with Gasteiger partial charge in [-0.1, -0.05) is 37.4 Å². The van der Waals surface area contributed by atoms with Crippen LogP contribution in [0.3, 0.4) is 0 Å². The van der Waals surface area contributed by atoms with E-state index in [-0.39, 0.29) is 24.1 Å². The first-order chi connectivity index (χ1) is 14.8. The van der Waals surface area contributed by atoms with Crippen molar-refractivity contribution in [1.82, 2.24) is 0 Å². The molecule has 0 aromatic heterocycles. The zero-order valence-corrected chi connectivity index (χ0v) is 19.0. The van der Waals surface area contributed by atoms with E-state index in [9.17, 15) is 22.4 Å². The van der Waals surface area contributed by atoms with Crippen LogP contribution in [0.15, 0.2) is 24.3 Å². The quantitative estimate of drug-likeness (QED) is 0.188. The summed E-state index contributed by atoms with van der Waals surface area (Å²) in [5, 5.41) is 0. The smallest absolute Gasteiger partial charge is 0.459 e. The van der Waals surface area contributed by atoms with Crippen LogP contribution in [0.5, 0.6) is 5.75 Å². The Bertz CT molecular complexity index is 679. The number of carbonyl (C=O) groups is 1. The molecule has 8 heteroatoms. The van der Waals surface area contributed by atoms with Gasteiger partial charge in [0, 0.05) is 8.80 Å².